The molecule has 4 heteroatoms. The number of hydrogen-bond donors (Lipinski definition) is 2. The quantitative estimate of drug-likeness (QED) is 0.861. The van der Waals surface area contributed by atoms with Gasteiger partial charge in [-0.2, -0.15) is 0 Å². The van der Waals surface area contributed by atoms with E-state index in [-0.39, 0.29) is 0 Å². The highest BCUT2D eigenvalue weighted by atomic mass is 16.5. The van der Waals surface area contributed by atoms with E-state index in [9.17, 15) is 5.11 Å². The van der Waals surface area contributed by atoms with Crippen LogP contribution in [0.15, 0.2) is 42.5 Å². The third-order valence-electron chi connectivity index (χ3n) is 3.72. The van der Waals surface area contributed by atoms with Crippen LogP contribution in [0.2, 0.25) is 0 Å². The SMILES string of the molecule is COc1cc(C)cc(OC)c1[C@H](N)[C@H](O)Cc1ccccc1. The fourth-order valence-electron chi connectivity index (χ4n) is 2.57. The molecule has 0 aliphatic rings. The minimum Gasteiger partial charge on any atom is -0.496 e. The standard InChI is InChI=1S/C18H23NO3/c1-12-9-15(21-2)17(16(10-12)22-3)18(19)14(20)11-13-7-5-4-6-8-13/h4-10,14,18,20H,11,19H2,1-3H3/t14-,18-/m1/s1. The summed E-state index contributed by atoms with van der Waals surface area (Å²) >= 11 is 0. The first-order valence-corrected chi connectivity index (χ1v) is 7.27. The molecule has 118 valence electrons. The van der Waals surface area contributed by atoms with Crippen molar-refractivity contribution in [3.8, 4) is 11.5 Å². The first-order chi connectivity index (χ1) is 10.6. The van der Waals surface area contributed by atoms with Crippen molar-refractivity contribution in [2.24, 2.45) is 5.73 Å². The highest BCUT2D eigenvalue weighted by molar-refractivity contribution is 5.50. The van der Waals surface area contributed by atoms with E-state index in [1.807, 2.05) is 49.4 Å². The van der Waals surface area contributed by atoms with Gasteiger partial charge >= 0.3 is 0 Å². The molecule has 3 N–H and O–H groups in total. The Bertz CT molecular complexity index is 588. The van der Waals surface area contributed by atoms with E-state index >= 15 is 0 Å². The number of aliphatic hydroxyl groups is 1. The van der Waals surface area contributed by atoms with Gasteiger partial charge in [-0.3, -0.25) is 0 Å². The fourth-order valence-corrected chi connectivity index (χ4v) is 2.57. The average Bonchev–Trinajstić information content (AvgIpc) is 2.54. The third-order valence-corrected chi connectivity index (χ3v) is 3.72. The third kappa shape index (κ3) is 3.59. The number of benzene rings is 2. The van der Waals surface area contributed by atoms with Crippen molar-refractivity contribution in [2.75, 3.05) is 14.2 Å². The maximum atomic E-state index is 10.5. The molecule has 2 aromatic rings. The monoisotopic (exact) mass is 301 g/mol. The maximum absolute atomic E-state index is 10.5. The molecule has 0 heterocycles. The van der Waals surface area contributed by atoms with Crippen molar-refractivity contribution < 1.29 is 14.6 Å². The Labute approximate surface area is 131 Å². The van der Waals surface area contributed by atoms with Crippen molar-refractivity contribution in [2.45, 2.75) is 25.5 Å². The van der Waals surface area contributed by atoms with Crippen LogP contribution in [-0.4, -0.2) is 25.4 Å². The number of ether oxygens (including phenoxy) is 2. The van der Waals surface area contributed by atoms with Gasteiger partial charge in [-0.25, -0.2) is 0 Å². The molecule has 0 aliphatic heterocycles. The molecule has 4 nitrogen and oxygen atoms in total. The second-order valence-electron chi connectivity index (χ2n) is 5.37. The molecule has 2 atom stereocenters. The first-order valence-electron chi connectivity index (χ1n) is 7.27. The van der Waals surface area contributed by atoms with Gasteiger partial charge in [0.25, 0.3) is 0 Å². The number of hydrogen-bond acceptors (Lipinski definition) is 4. The minimum atomic E-state index is -0.729. The molecule has 0 aliphatic carbocycles. The first kappa shape index (κ1) is 16.3. The highest BCUT2D eigenvalue weighted by Gasteiger charge is 2.25. The van der Waals surface area contributed by atoms with Crippen LogP contribution in [0.4, 0.5) is 0 Å². The molecule has 22 heavy (non-hydrogen) atoms. The van der Waals surface area contributed by atoms with Crippen LogP contribution in [0.25, 0.3) is 0 Å². The lowest BCUT2D eigenvalue weighted by Crippen LogP contribution is -2.29. The van der Waals surface area contributed by atoms with Crippen molar-refractivity contribution >= 4 is 0 Å². The van der Waals surface area contributed by atoms with E-state index in [0.717, 1.165) is 11.1 Å². The number of aryl methyl sites for hydroxylation is 1. The molecule has 0 saturated heterocycles. The summed E-state index contributed by atoms with van der Waals surface area (Å²) in [6, 6.07) is 13.0. The van der Waals surface area contributed by atoms with Gasteiger partial charge in [-0.15, -0.1) is 0 Å². The van der Waals surface area contributed by atoms with Crippen molar-refractivity contribution in [1.82, 2.24) is 0 Å². The van der Waals surface area contributed by atoms with Gasteiger partial charge in [0.05, 0.1) is 31.9 Å². The summed E-state index contributed by atoms with van der Waals surface area (Å²) < 4.78 is 10.8. The average molecular weight is 301 g/mol. The molecule has 0 aromatic heterocycles. The van der Waals surface area contributed by atoms with Gasteiger partial charge in [0.15, 0.2) is 0 Å². The Morgan fingerprint density at radius 3 is 2.09 bits per heavy atom. The van der Waals surface area contributed by atoms with Crippen LogP contribution in [0.1, 0.15) is 22.7 Å². The van der Waals surface area contributed by atoms with Gasteiger partial charge in [-0.1, -0.05) is 30.3 Å². The number of methoxy groups -OCH3 is 2. The topological polar surface area (TPSA) is 64.7 Å². The second kappa shape index (κ2) is 7.29. The lowest BCUT2D eigenvalue weighted by Gasteiger charge is -2.24. The van der Waals surface area contributed by atoms with E-state index in [1.54, 1.807) is 14.2 Å². The van der Waals surface area contributed by atoms with Crippen LogP contribution in [0.5, 0.6) is 11.5 Å². The zero-order valence-electron chi connectivity index (χ0n) is 13.2. The van der Waals surface area contributed by atoms with Gasteiger partial charge in [0, 0.05) is 6.42 Å². The summed E-state index contributed by atoms with van der Waals surface area (Å²) in [5, 5.41) is 10.5. The Kier molecular flexibility index (Phi) is 5.41. The molecule has 0 bridgehead atoms. The summed E-state index contributed by atoms with van der Waals surface area (Å²) in [5.74, 6) is 1.27. The molecule has 0 saturated carbocycles. The summed E-state index contributed by atoms with van der Waals surface area (Å²) in [4.78, 5) is 0. The Morgan fingerprint density at radius 1 is 1.05 bits per heavy atom. The zero-order valence-corrected chi connectivity index (χ0v) is 13.2. The van der Waals surface area contributed by atoms with E-state index < -0.39 is 12.1 Å². The summed E-state index contributed by atoms with van der Waals surface area (Å²) in [5.41, 5.74) is 9.03. The van der Waals surface area contributed by atoms with Gasteiger partial charge in [0.1, 0.15) is 11.5 Å². The molecule has 0 unspecified atom stereocenters. The largest absolute Gasteiger partial charge is 0.496 e. The normalized spacial score (nSPS) is 13.5. The van der Waals surface area contributed by atoms with Crippen molar-refractivity contribution in [3.63, 3.8) is 0 Å². The van der Waals surface area contributed by atoms with Gasteiger partial charge in [0.2, 0.25) is 0 Å². The van der Waals surface area contributed by atoms with E-state index in [4.69, 9.17) is 15.2 Å². The lowest BCUT2D eigenvalue weighted by atomic mass is 9.94. The molecule has 0 spiro atoms. The van der Waals surface area contributed by atoms with E-state index in [2.05, 4.69) is 0 Å². The molecular weight excluding hydrogens is 278 g/mol. The Morgan fingerprint density at radius 2 is 1.59 bits per heavy atom. The zero-order chi connectivity index (χ0) is 16.1. The second-order valence-corrected chi connectivity index (χ2v) is 5.37. The molecule has 0 fully saturated rings. The molecule has 2 rings (SSSR count). The van der Waals surface area contributed by atoms with Crippen LogP contribution in [0.3, 0.4) is 0 Å². The predicted octanol–water partition coefficient (Wildman–Crippen LogP) is 2.62. The summed E-state index contributed by atoms with van der Waals surface area (Å²) in [6.45, 7) is 1.96. The summed E-state index contributed by atoms with van der Waals surface area (Å²) in [6.07, 6.45) is -0.254. The lowest BCUT2D eigenvalue weighted by molar-refractivity contribution is 0.142. The molecule has 0 radical (unpaired) electrons. The van der Waals surface area contributed by atoms with Crippen molar-refractivity contribution in [3.05, 3.63) is 59.2 Å². The van der Waals surface area contributed by atoms with E-state index in [0.29, 0.717) is 23.5 Å². The van der Waals surface area contributed by atoms with Crippen LogP contribution in [-0.2, 0) is 6.42 Å². The maximum Gasteiger partial charge on any atom is 0.127 e. The Hall–Kier alpha value is -2.04. The smallest absolute Gasteiger partial charge is 0.127 e. The fraction of sp³-hybridized carbons (Fsp3) is 0.333. The molecular formula is C18H23NO3. The van der Waals surface area contributed by atoms with Gasteiger partial charge in [-0.05, 0) is 30.2 Å². The molecule has 0 amide bonds. The van der Waals surface area contributed by atoms with Crippen LogP contribution >= 0.6 is 0 Å². The minimum absolute atomic E-state index is 0.474. The van der Waals surface area contributed by atoms with Crippen LogP contribution < -0.4 is 15.2 Å². The van der Waals surface area contributed by atoms with E-state index in [1.165, 1.54) is 0 Å². The Balaban J connectivity index is 2.30. The van der Waals surface area contributed by atoms with Crippen LogP contribution in [0, 0.1) is 6.92 Å². The van der Waals surface area contributed by atoms with Crippen molar-refractivity contribution in [1.29, 1.82) is 0 Å². The predicted molar refractivity (Wildman–Crippen MR) is 87.4 cm³/mol. The number of rotatable bonds is 6. The summed E-state index contributed by atoms with van der Waals surface area (Å²) in [7, 11) is 3.18. The molecule has 2 aromatic carbocycles. The number of aliphatic hydroxyl groups excluding tert-OH is 1. The van der Waals surface area contributed by atoms with Gasteiger partial charge < -0.3 is 20.3 Å². The highest BCUT2D eigenvalue weighted by Crippen LogP contribution is 2.36. The number of nitrogens with two attached hydrogens (primary N) is 1.